The lowest BCUT2D eigenvalue weighted by molar-refractivity contribution is -0.274. The minimum Gasteiger partial charge on any atom is -0.406 e. The molecule has 0 aromatic heterocycles. The molecule has 0 aliphatic heterocycles. The summed E-state index contributed by atoms with van der Waals surface area (Å²) in [7, 11) is 0. The summed E-state index contributed by atoms with van der Waals surface area (Å²) in [6.07, 6.45) is -3.16. The number of halogens is 3. The average Bonchev–Trinajstić information content (AvgIpc) is 2.33. The van der Waals surface area contributed by atoms with E-state index in [1.807, 2.05) is 0 Å². The lowest BCUT2D eigenvalue weighted by Gasteiger charge is -2.09. The minimum absolute atomic E-state index is 0.280. The summed E-state index contributed by atoms with van der Waals surface area (Å²) in [4.78, 5) is 11.6. The molecule has 0 heterocycles. The van der Waals surface area contributed by atoms with Crippen LogP contribution in [0.1, 0.15) is 23.2 Å². The number of nitrogens with one attached hydrogen (secondary N) is 1. The maximum absolute atomic E-state index is 11.9. The smallest absolute Gasteiger partial charge is 0.406 e. The summed E-state index contributed by atoms with van der Waals surface area (Å²) in [6, 6.07) is 4.75. The fraction of sp³-hybridized carbons (Fsp3) is 0.417. The van der Waals surface area contributed by atoms with Crippen molar-refractivity contribution in [2.24, 2.45) is 5.73 Å². The van der Waals surface area contributed by atoms with Crippen LogP contribution in [0.25, 0.3) is 0 Å². The molecule has 0 unspecified atom stereocenters. The van der Waals surface area contributed by atoms with Crippen LogP contribution in [0.5, 0.6) is 5.75 Å². The van der Waals surface area contributed by atoms with Crippen LogP contribution in [-0.4, -0.2) is 25.4 Å². The number of hydrogen-bond acceptors (Lipinski definition) is 3. The third-order valence-corrected chi connectivity index (χ3v) is 2.27. The van der Waals surface area contributed by atoms with Gasteiger partial charge in [-0.05, 0) is 43.7 Å². The lowest BCUT2D eigenvalue weighted by Crippen LogP contribution is -2.24. The van der Waals surface area contributed by atoms with Gasteiger partial charge in [-0.15, -0.1) is 13.2 Å². The number of nitrogens with two attached hydrogens (primary N) is 1. The van der Waals surface area contributed by atoms with Gasteiger partial charge in [-0.25, -0.2) is 0 Å². The van der Waals surface area contributed by atoms with Crippen molar-refractivity contribution in [2.45, 2.75) is 19.2 Å². The Balaban J connectivity index is 2.49. The molecule has 4 nitrogen and oxygen atoms in total. The van der Waals surface area contributed by atoms with Crippen LogP contribution in [0.4, 0.5) is 13.2 Å². The Labute approximate surface area is 108 Å². The second kappa shape index (κ2) is 6.98. The zero-order chi connectivity index (χ0) is 14.3. The Bertz CT molecular complexity index is 404. The van der Waals surface area contributed by atoms with Crippen LogP contribution in [0.3, 0.4) is 0 Å². The third-order valence-electron chi connectivity index (χ3n) is 2.27. The summed E-state index contributed by atoms with van der Waals surface area (Å²) in [5, 5.41) is 2.64. The number of benzene rings is 1. The molecule has 0 atom stereocenters. The Hall–Kier alpha value is -1.76. The van der Waals surface area contributed by atoms with Crippen molar-refractivity contribution in [2.75, 3.05) is 13.1 Å². The van der Waals surface area contributed by atoms with Gasteiger partial charge in [0.25, 0.3) is 5.91 Å². The highest BCUT2D eigenvalue weighted by Crippen LogP contribution is 2.22. The normalized spacial score (nSPS) is 11.2. The molecule has 0 aliphatic rings. The highest BCUT2D eigenvalue weighted by molar-refractivity contribution is 5.94. The summed E-state index contributed by atoms with van der Waals surface area (Å²) in [5.74, 6) is -0.692. The van der Waals surface area contributed by atoms with Gasteiger partial charge in [0, 0.05) is 12.1 Å². The molecule has 1 rings (SSSR count). The molecule has 1 aromatic carbocycles. The fourth-order valence-electron chi connectivity index (χ4n) is 1.38. The van der Waals surface area contributed by atoms with Crippen molar-refractivity contribution in [1.29, 1.82) is 0 Å². The minimum atomic E-state index is -4.73. The molecule has 0 saturated carbocycles. The van der Waals surface area contributed by atoms with E-state index in [2.05, 4.69) is 10.1 Å². The first-order valence-corrected chi connectivity index (χ1v) is 5.76. The number of alkyl halides is 3. The molecule has 0 saturated heterocycles. The van der Waals surface area contributed by atoms with Gasteiger partial charge in [0.05, 0.1) is 0 Å². The van der Waals surface area contributed by atoms with Gasteiger partial charge < -0.3 is 15.8 Å². The molecule has 3 N–H and O–H groups in total. The van der Waals surface area contributed by atoms with E-state index in [4.69, 9.17) is 5.73 Å². The van der Waals surface area contributed by atoms with Crippen LogP contribution < -0.4 is 15.8 Å². The largest absolute Gasteiger partial charge is 0.573 e. The average molecular weight is 276 g/mol. The molecule has 1 aromatic rings. The molecule has 0 spiro atoms. The van der Waals surface area contributed by atoms with Crippen molar-refractivity contribution >= 4 is 5.91 Å². The first kappa shape index (κ1) is 15.3. The number of carbonyl (C=O) groups is 1. The van der Waals surface area contributed by atoms with E-state index >= 15 is 0 Å². The third kappa shape index (κ3) is 6.10. The Morgan fingerprint density at radius 2 is 1.84 bits per heavy atom. The van der Waals surface area contributed by atoms with Crippen LogP contribution in [0.15, 0.2) is 24.3 Å². The van der Waals surface area contributed by atoms with Crippen molar-refractivity contribution in [3.63, 3.8) is 0 Å². The molecule has 7 heteroatoms. The van der Waals surface area contributed by atoms with E-state index in [0.717, 1.165) is 25.0 Å². The SMILES string of the molecule is NCCCCNC(=O)c1ccc(OC(F)(F)F)cc1. The number of amides is 1. The summed E-state index contributed by atoms with van der Waals surface area (Å²) in [5.41, 5.74) is 5.58. The van der Waals surface area contributed by atoms with E-state index in [0.29, 0.717) is 13.1 Å². The Morgan fingerprint density at radius 1 is 1.21 bits per heavy atom. The monoisotopic (exact) mass is 276 g/mol. The van der Waals surface area contributed by atoms with Gasteiger partial charge in [-0.1, -0.05) is 0 Å². The highest BCUT2D eigenvalue weighted by Gasteiger charge is 2.31. The maximum Gasteiger partial charge on any atom is 0.573 e. The zero-order valence-electron chi connectivity index (χ0n) is 10.2. The van der Waals surface area contributed by atoms with Crippen molar-refractivity contribution in [3.05, 3.63) is 29.8 Å². The molecule has 106 valence electrons. The number of rotatable bonds is 6. The van der Waals surface area contributed by atoms with E-state index in [1.54, 1.807) is 0 Å². The van der Waals surface area contributed by atoms with Gasteiger partial charge in [-0.3, -0.25) is 4.79 Å². The standard InChI is InChI=1S/C12H15F3N2O2/c13-12(14,15)19-10-5-3-9(4-6-10)11(18)17-8-2-1-7-16/h3-6H,1-2,7-8,16H2,(H,17,18). The Kier molecular flexibility index (Phi) is 5.62. The van der Waals surface area contributed by atoms with E-state index in [9.17, 15) is 18.0 Å². The number of unbranched alkanes of at least 4 members (excludes halogenated alkanes) is 1. The molecule has 0 fully saturated rings. The topological polar surface area (TPSA) is 64.3 Å². The molecular formula is C12H15F3N2O2. The number of hydrogen-bond donors (Lipinski definition) is 2. The summed E-state index contributed by atoms with van der Waals surface area (Å²) >= 11 is 0. The van der Waals surface area contributed by atoms with Gasteiger partial charge in [-0.2, -0.15) is 0 Å². The first-order valence-electron chi connectivity index (χ1n) is 5.76. The summed E-state index contributed by atoms with van der Waals surface area (Å²) in [6.45, 7) is 1.04. The van der Waals surface area contributed by atoms with Crippen LogP contribution >= 0.6 is 0 Å². The van der Waals surface area contributed by atoms with Crippen molar-refractivity contribution in [3.8, 4) is 5.75 Å². The fourth-order valence-corrected chi connectivity index (χ4v) is 1.38. The molecule has 0 bridgehead atoms. The quantitative estimate of drug-likeness (QED) is 0.782. The predicted molar refractivity (Wildman–Crippen MR) is 63.7 cm³/mol. The van der Waals surface area contributed by atoms with Crippen molar-refractivity contribution < 1.29 is 22.7 Å². The van der Waals surface area contributed by atoms with Gasteiger partial charge in [0.2, 0.25) is 0 Å². The molecule has 0 radical (unpaired) electrons. The highest BCUT2D eigenvalue weighted by atomic mass is 19.4. The van der Waals surface area contributed by atoms with Gasteiger partial charge in [0.15, 0.2) is 0 Å². The predicted octanol–water partition coefficient (Wildman–Crippen LogP) is 2.05. The summed E-state index contributed by atoms with van der Waals surface area (Å²) < 4.78 is 39.5. The Morgan fingerprint density at radius 3 is 2.37 bits per heavy atom. The second-order valence-electron chi connectivity index (χ2n) is 3.82. The molecule has 0 aliphatic carbocycles. The van der Waals surface area contributed by atoms with Crippen LogP contribution in [0.2, 0.25) is 0 Å². The molecule has 1 amide bonds. The first-order chi connectivity index (χ1) is 8.92. The van der Waals surface area contributed by atoms with Gasteiger partial charge >= 0.3 is 6.36 Å². The second-order valence-corrected chi connectivity index (χ2v) is 3.82. The van der Waals surface area contributed by atoms with Crippen LogP contribution in [-0.2, 0) is 0 Å². The van der Waals surface area contributed by atoms with E-state index in [-0.39, 0.29) is 17.2 Å². The lowest BCUT2D eigenvalue weighted by atomic mass is 10.2. The van der Waals surface area contributed by atoms with Crippen molar-refractivity contribution in [1.82, 2.24) is 5.32 Å². The number of ether oxygens (including phenoxy) is 1. The molecule has 19 heavy (non-hydrogen) atoms. The number of carbonyl (C=O) groups excluding carboxylic acids is 1. The zero-order valence-corrected chi connectivity index (χ0v) is 10.2. The maximum atomic E-state index is 11.9. The van der Waals surface area contributed by atoms with E-state index < -0.39 is 6.36 Å². The van der Waals surface area contributed by atoms with Gasteiger partial charge in [0.1, 0.15) is 5.75 Å². The van der Waals surface area contributed by atoms with Crippen LogP contribution in [0, 0.1) is 0 Å². The molecular weight excluding hydrogens is 261 g/mol. The van der Waals surface area contributed by atoms with E-state index in [1.165, 1.54) is 12.1 Å².